The minimum atomic E-state index is -0.457. The topological polar surface area (TPSA) is 76.2 Å². The van der Waals surface area contributed by atoms with Crippen molar-refractivity contribution in [2.45, 2.75) is 31.3 Å². The Morgan fingerprint density at radius 1 is 0.745 bits per heavy atom. The summed E-state index contributed by atoms with van der Waals surface area (Å²) in [6, 6.07) is 39.3. The van der Waals surface area contributed by atoms with Crippen LogP contribution in [0.3, 0.4) is 0 Å². The molecule has 0 saturated carbocycles. The normalized spacial score (nSPS) is 18.0. The molecule has 6 heteroatoms. The summed E-state index contributed by atoms with van der Waals surface area (Å²) in [7, 11) is 0. The Balaban J connectivity index is 1.04. The van der Waals surface area contributed by atoms with E-state index in [9.17, 15) is 0 Å². The van der Waals surface area contributed by atoms with Crippen molar-refractivity contribution in [3.05, 3.63) is 155 Å². The molecule has 8 aromatic rings. The Kier molecular flexibility index (Phi) is 6.08. The lowest BCUT2D eigenvalue weighted by Gasteiger charge is -2.28. The van der Waals surface area contributed by atoms with E-state index >= 15 is 0 Å². The number of aliphatic imine (C=N–C) groups is 2. The van der Waals surface area contributed by atoms with Crippen molar-refractivity contribution >= 4 is 67.7 Å². The summed E-state index contributed by atoms with van der Waals surface area (Å²) in [5.74, 6) is 3.25. The van der Waals surface area contributed by atoms with Gasteiger partial charge in [-0.2, -0.15) is 0 Å². The molecule has 0 saturated heterocycles. The first-order valence-corrected chi connectivity index (χ1v) is 17.4. The van der Waals surface area contributed by atoms with Gasteiger partial charge >= 0.3 is 0 Å². The number of fused-ring (bicyclic) bond motifs is 9. The number of hydrogen-bond donors (Lipinski definition) is 1. The molecule has 2 aliphatic carbocycles. The van der Waals surface area contributed by atoms with Gasteiger partial charge in [0.2, 0.25) is 0 Å². The summed E-state index contributed by atoms with van der Waals surface area (Å²) < 4.78 is 19.6. The molecule has 51 heavy (non-hydrogen) atoms. The summed E-state index contributed by atoms with van der Waals surface area (Å²) in [6.45, 7) is 0. The molecular formula is C45H29N3O3. The highest BCUT2D eigenvalue weighted by atomic mass is 16.3. The van der Waals surface area contributed by atoms with E-state index in [0.29, 0.717) is 5.84 Å². The molecule has 0 bridgehead atoms. The van der Waals surface area contributed by atoms with Gasteiger partial charge in [-0.1, -0.05) is 97.1 Å². The summed E-state index contributed by atoms with van der Waals surface area (Å²) in [5, 5.41) is 8.07. The van der Waals surface area contributed by atoms with Crippen molar-refractivity contribution in [2.75, 3.05) is 0 Å². The van der Waals surface area contributed by atoms with Gasteiger partial charge in [-0.15, -0.1) is 0 Å². The second kappa shape index (κ2) is 11.0. The lowest BCUT2D eigenvalue weighted by Crippen LogP contribution is -2.37. The third-order valence-electron chi connectivity index (χ3n) is 10.4. The molecule has 0 fully saturated rings. The predicted octanol–water partition coefficient (Wildman–Crippen LogP) is 11.0. The van der Waals surface area contributed by atoms with Crippen LogP contribution in [0, 0.1) is 12.1 Å². The van der Waals surface area contributed by atoms with Crippen LogP contribution in [0.25, 0.3) is 67.2 Å². The standard InChI is InChI=1S/C45H29N3O3/c1-2-11-26(12-3-1)43-46-44(34-18-8-16-31-29-13-4-6-20-36(29)50-41(31)34)48-45(47-43)35-19-9-17-32-30-24-23-27(25-39(30)51-42(32)35)28-15-10-22-38-40(28)33-14-5-7-21-37(33)49-38/h1-2,4-6,8-11,13-17,19-20,22-25,34,45H,7,18,21H2,(H,46,47,48). The van der Waals surface area contributed by atoms with Crippen LogP contribution in [0.2, 0.25) is 0 Å². The van der Waals surface area contributed by atoms with Crippen LogP contribution in [0.1, 0.15) is 58.7 Å². The van der Waals surface area contributed by atoms with Crippen LogP contribution < -0.4 is 5.32 Å². The number of benzene rings is 4. The van der Waals surface area contributed by atoms with Gasteiger partial charge in [0.15, 0.2) is 12.0 Å². The van der Waals surface area contributed by atoms with Crippen molar-refractivity contribution in [1.29, 1.82) is 0 Å². The van der Waals surface area contributed by atoms with Gasteiger partial charge < -0.3 is 18.6 Å². The molecule has 242 valence electrons. The molecule has 0 spiro atoms. The van der Waals surface area contributed by atoms with Crippen LogP contribution in [-0.2, 0) is 6.42 Å². The van der Waals surface area contributed by atoms with E-state index in [0.717, 1.165) is 108 Å². The SMILES string of the molecule is c1cccc(C2=NC(c3cccc4c3oc3cc(-c5cccc6oc7c(c56)C=CCC7)ccc34)NC(C3CC=Cc4c3oc3ccccc43)=N2)c#1. The lowest BCUT2D eigenvalue weighted by molar-refractivity contribution is 0.521. The first-order valence-electron chi connectivity index (χ1n) is 17.4. The van der Waals surface area contributed by atoms with E-state index in [1.54, 1.807) is 0 Å². The summed E-state index contributed by atoms with van der Waals surface area (Å²) in [5.41, 5.74) is 9.64. The van der Waals surface area contributed by atoms with Gasteiger partial charge in [0.1, 0.15) is 39.7 Å². The van der Waals surface area contributed by atoms with Gasteiger partial charge in [-0.3, -0.25) is 0 Å². The molecule has 3 aromatic heterocycles. The average molecular weight is 660 g/mol. The Labute approximate surface area is 293 Å². The third-order valence-corrected chi connectivity index (χ3v) is 10.4. The van der Waals surface area contributed by atoms with Gasteiger partial charge in [-0.25, -0.2) is 9.98 Å². The molecule has 11 rings (SSSR count). The molecule has 6 nitrogen and oxygen atoms in total. The molecule has 0 amide bonds. The highest BCUT2D eigenvalue weighted by Crippen LogP contribution is 2.42. The first-order chi connectivity index (χ1) is 25.3. The van der Waals surface area contributed by atoms with E-state index < -0.39 is 6.17 Å². The van der Waals surface area contributed by atoms with Crippen LogP contribution >= 0.6 is 0 Å². The molecule has 0 radical (unpaired) electrons. The van der Waals surface area contributed by atoms with Gasteiger partial charge in [0, 0.05) is 44.7 Å². The van der Waals surface area contributed by atoms with Crippen LogP contribution in [0.15, 0.2) is 132 Å². The van der Waals surface area contributed by atoms with E-state index in [-0.39, 0.29) is 5.92 Å². The van der Waals surface area contributed by atoms with Gasteiger partial charge in [-0.05, 0) is 60.4 Å². The van der Waals surface area contributed by atoms with Crippen molar-refractivity contribution in [3.63, 3.8) is 0 Å². The fourth-order valence-corrected chi connectivity index (χ4v) is 8.03. The fraction of sp³-hybridized carbons (Fsp3) is 0.111. The highest BCUT2D eigenvalue weighted by molar-refractivity contribution is 6.11. The third kappa shape index (κ3) is 4.38. The van der Waals surface area contributed by atoms with Crippen molar-refractivity contribution in [1.82, 2.24) is 5.32 Å². The quantitative estimate of drug-likeness (QED) is 0.204. The van der Waals surface area contributed by atoms with Gasteiger partial charge in [0.25, 0.3) is 0 Å². The number of nitrogens with zero attached hydrogens (tertiary/aromatic N) is 2. The minimum Gasteiger partial charge on any atom is -0.460 e. The number of rotatable bonds is 4. The molecule has 4 heterocycles. The van der Waals surface area contributed by atoms with E-state index in [2.05, 4.69) is 102 Å². The monoisotopic (exact) mass is 659 g/mol. The number of para-hydroxylation sites is 2. The average Bonchev–Trinajstić information content (AvgIpc) is 3.89. The number of nitrogens with one attached hydrogen (secondary N) is 1. The molecule has 5 aromatic carbocycles. The fourth-order valence-electron chi connectivity index (χ4n) is 8.03. The number of hydrogen-bond acceptors (Lipinski definition) is 6. The minimum absolute atomic E-state index is 0.109. The zero-order valence-corrected chi connectivity index (χ0v) is 27.4. The maximum Gasteiger partial charge on any atom is 0.167 e. The molecule has 3 aliphatic rings. The molecule has 1 aliphatic heterocycles. The van der Waals surface area contributed by atoms with E-state index in [1.807, 2.05) is 36.4 Å². The molecule has 2 atom stereocenters. The number of furan rings is 3. The Morgan fingerprint density at radius 2 is 1.65 bits per heavy atom. The maximum atomic E-state index is 6.79. The smallest absolute Gasteiger partial charge is 0.167 e. The van der Waals surface area contributed by atoms with E-state index in [4.69, 9.17) is 23.2 Å². The van der Waals surface area contributed by atoms with E-state index in [1.165, 1.54) is 5.56 Å². The first kappa shape index (κ1) is 28.3. The molecule has 1 N–H and O–H groups in total. The number of aryl methyl sites for hydroxylation is 1. The largest absolute Gasteiger partial charge is 0.460 e. The Hall–Kier alpha value is -6.58. The van der Waals surface area contributed by atoms with Crippen LogP contribution in [0.4, 0.5) is 0 Å². The summed E-state index contributed by atoms with van der Waals surface area (Å²) in [6.07, 6.45) is 11.0. The second-order valence-electron chi connectivity index (χ2n) is 13.4. The Morgan fingerprint density at radius 3 is 2.61 bits per heavy atom. The zero-order valence-electron chi connectivity index (χ0n) is 27.4. The lowest BCUT2D eigenvalue weighted by atomic mass is 9.90. The van der Waals surface area contributed by atoms with Gasteiger partial charge in [0.05, 0.1) is 11.5 Å². The summed E-state index contributed by atoms with van der Waals surface area (Å²) in [4.78, 5) is 10.3. The number of amidine groups is 2. The Bertz CT molecular complexity index is 2830. The van der Waals surface area contributed by atoms with Crippen molar-refractivity contribution < 1.29 is 13.3 Å². The molecular weight excluding hydrogens is 631 g/mol. The second-order valence-corrected chi connectivity index (χ2v) is 13.4. The molecule has 2 unspecified atom stereocenters. The van der Waals surface area contributed by atoms with Crippen molar-refractivity contribution in [3.8, 4) is 11.1 Å². The van der Waals surface area contributed by atoms with Crippen molar-refractivity contribution in [2.24, 2.45) is 9.98 Å². The highest BCUT2D eigenvalue weighted by Gasteiger charge is 2.33. The predicted molar refractivity (Wildman–Crippen MR) is 203 cm³/mol. The summed E-state index contributed by atoms with van der Waals surface area (Å²) >= 11 is 0. The number of allylic oxidation sites excluding steroid dienone is 2. The zero-order chi connectivity index (χ0) is 33.5. The maximum absolute atomic E-state index is 6.79. The van der Waals surface area contributed by atoms with Crippen LogP contribution in [-0.4, -0.2) is 11.7 Å². The van der Waals surface area contributed by atoms with Crippen LogP contribution in [0.5, 0.6) is 0 Å².